The average molecular weight is 327 g/mol. The predicted molar refractivity (Wildman–Crippen MR) is 85.0 cm³/mol. The third-order valence-corrected chi connectivity index (χ3v) is 4.95. The van der Waals surface area contributed by atoms with Crippen molar-refractivity contribution in [3.8, 4) is 0 Å². The summed E-state index contributed by atoms with van der Waals surface area (Å²) in [7, 11) is 0. The highest BCUT2D eigenvalue weighted by atomic mass is 79.9. The zero-order chi connectivity index (χ0) is 13.3. The van der Waals surface area contributed by atoms with Gasteiger partial charge in [0, 0.05) is 21.8 Å². The van der Waals surface area contributed by atoms with Crippen LogP contribution in [0.1, 0.15) is 32.3 Å². The maximum Gasteiger partial charge on any atom is 0.104 e. The lowest BCUT2D eigenvalue weighted by Gasteiger charge is -2.21. The Balaban J connectivity index is 2.13. The van der Waals surface area contributed by atoms with Crippen LogP contribution in [-0.4, -0.2) is 11.0 Å². The number of nitrogens with two attached hydrogens (primary N) is 1. The zero-order valence-corrected chi connectivity index (χ0v) is 13.1. The SMILES string of the molecule is CC1CCC(Nc2ccc(C(N)=S)cc2Br)C1C. The molecule has 0 saturated heterocycles. The van der Waals surface area contributed by atoms with Gasteiger partial charge in [-0.15, -0.1) is 0 Å². The van der Waals surface area contributed by atoms with Crippen molar-refractivity contribution >= 4 is 38.8 Å². The molecular formula is C14H19BrN2S. The molecule has 0 aliphatic heterocycles. The quantitative estimate of drug-likeness (QED) is 0.826. The maximum atomic E-state index is 5.63. The first-order chi connectivity index (χ1) is 8.49. The maximum absolute atomic E-state index is 5.63. The molecule has 1 aliphatic rings. The molecule has 0 heterocycles. The monoisotopic (exact) mass is 326 g/mol. The van der Waals surface area contributed by atoms with E-state index in [1.54, 1.807) is 0 Å². The van der Waals surface area contributed by atoms with E-state index in [0.29, 0.717) is 16.9 Å². The number of hydrogen-bond acceptors (Lipinski definition) is 2. The van der Waals surface area contributed by atoms with Crippen molar-refractivity contribution in [3.63, 3.8) is 0 Å². The van der Waals surface area contributed by atoms with E-state index in [0.717, 1.165) is 21.6 Å². The van der Waals surface area contributed by atoms with Crippen molar-refractivity contribution in [2.75, 3.05) is 5.32 Å². The van der Waals surface area contributed by atoms with Crippen molar-refractivity contribution in [2.24, 2.45) is 17.6 Å². The first-order valence-electron chi connectivity index (χ1n) is 6.35. The van der Waals surface area contributed by atoms with Crippen LogP contribution in [-0.2, 0) is 0 Å². The topological polar surface area (TPSA) is 38.0 Å². The molecule has 98 valence electrons. The summed E-state index contributed by atoms with van der Waals surface area (Å²) in [6.07, 6.45) is 2.55. The minimum atomic E-state index is 0.435. The van der Waals surface area contributed by atoms with Crippen LogP contribution >= 0.6 is 28.1 Å². The van der Waals surface area contributed by atoms with Gasteiger partial charge in [0.15, 0.2) is 0 Å². The van der Waals surface area contributed by atoms with E-state index in [4.69, 9.17) is 18.0 Å². The van der Waals surface area contributed by atoms with Crippen LogP contribution in [0.5, 0.6) is 0 Å². The Morgan fingerprint density at radius 2 is 2.11 bits per heavy atom. The summed E-state index contributed by atoms with van der Waals surface area (Å²) < 4.78 is 1.03. The molecule has 18 heavy (non-hydrogen) atoms. The van der Waals surface area contributed by atoms with E-state index in [1.807, 2.05) is 18.2 Å². The van der Waals surface area contributed by atoms with E-state index in [9.17, 15) is 0 Å². The molecule has 0 amide bonds. The molecule has 0 spiro atoms. The smallest absolute Gasteiger partial charge is 0.104 e. The van der Waals surface area contributed by atoms with Gasteiger partial charge < -0.3 is 11.1 Å². The van der Waals surface area contributed by atoms with Gasteiger partial charge in [-0.05, 0) is 58.8 Å². The zero-order valence-electron chi connectivity index (χ0n) is 10.7. The summed E-state index contributed by atoms with van der Waals surface area (Å²) in [4.78, 5) is 0.435. The first kappa shape index (κ1) is 13.8. The standard InChI is InChI=1S/C14H19BrN2S/c1-8-3-5-12(9(8)2)17-13-6-4-10(14(16)18)7-11(13)15/h4,6-9,12,17H,3,5H2,1-2H3,(H2,16,18). The molecule has 3 atom stereocenters. The number of thiocarbonyl (C=S) groups is 1. The number of benzene rings is 1. The number of anilines is 1. The molecular weight excluding hydrogens is 308 g/mol. The molecule has 1 aliphatic carbocycles. The summed E-state index contributed by atoms with van der Waals surface area (Å²) >= 11 is 8.56. The number of hydrogen-bond donors (Lipinski definition) is 2. The van der Waals surface area contributed by atoms with Crippen LogP contribution in [0.2, 0.25) is 0 Å². The lowest BCUT2D eigenvalue weighted by Crippen LogP contribution is -2.24. The lowest BCUT2D eigenvalue weighted by molar-refractivity contribution is 0.435. The molecule has 0 bridgehead atoms. The van der Waals surface area contributed by atoms with Crippen molar-refractivity contribution in [3.05, 3.63) is 28.2 Å². The molecule has 2 nitrogen and oxygen atoms in total. The van der Waals surface area contributed by atoms with Crippen LogP contribution in [0, 0.1) is 11.8 Å². The van der Waals surface area contributed by atoms with Gasteiger partial charge in [0.1, 0.15) is 4.99 Å². The summed E-state index contributed by atoms with van der Waals surface area (Å²) in [6.45, 7) is 4.66. The molecule has 1 aromatic carbocycles. The fourth-order valence-electron chi connectivity index (χ4n) is 2.55. The van der Waals surface area contributed by atoms with Crippen LogP contribution in [0.25, 0.3) is 0 Å². The van der Waals surface area contributed by atoms with Crippen molar-refractivity contribution in [1.82, 2.24) is 0 Å². The predicted octanol–water partition coefficient (Wildman–Crippen LogP) is 3.93. The lowest BCUT2D eigenvalue weighted by atomic mass is 9.97. The van der Waals surface area contributed by atoms with Crippen LogP contribution in [0.4, 0.5) is 5.69 Å². The Hall–Kier alpha value is -0.610. The van der Waals surface area contributed by atoms with Gasteiger partial charge in [-0.3, -0.25) is 0 Å². The Kier molecular flexibility index (Phi) is 4.28. The van der Waals surface area contributed by atoms with Gasteiger partial charge in [0.25, 0.3) is 0 Å². The van der Waals surface area contributed by atoms with Gasteiger partial charge >= 0.3 is 0 Å². The average Bonchev–Trinajstić information content (AvgIpc) is 2.63. The first-order valence-corrected chi connectivity index (χ1v) is 7.55. The molecule has 2 rings (SSSR count). The largest absolute Gasteiger partial charge is 0.389 e. The highest BCUT2D eigenvalue weighted by Crippen LogP contribution is 2.35. The van der Waals surface area contributed by atoms with Crippen LogP contribution in [0.15, 0.2) is 22.7 Å². The number of nitrogens with one attached hydrogen (secondary N) is 1. The van der Waals surface area contributed by atoms with E-state index in [2.05, 4.69) is 35.1 Å². The minimum Gasteiger partial charge on any atom is -0.389 e. The highest BCUT2D eigenvalue weighted by molar-refractivity contribution is 9.10. The summed E-state index contributed by atoms with van der Waals surface area (Å²) in [5.74, 6) is 1.52. The van der Waals surface area contributed by atoms with Crippen LogP contribution in [0.3, 0.4) is 0 Å². The van der Waals surface area contributed by atoms with Gasteiger partial charge in [-0.2, -0.15) is 0 Å². The minimum absolute atomic E-state index is 0.435. The van der Waals surface area contributed by atoms with Crippen molar-refractivity contribution < 1.29 is 0 Å². The molecule has 0 radical (unpaired) electrons. The second-order valence-corrected chi connectivity index (χ2v) is 6.52. The molecule has 4 heteroatoms. The van der Waals surface area contributed by atoms with Crippen molar-refractivity contribution in [2.45, 2.75) is 32.7 Å². The Labute approximate surface area is 122 Å². The number of rotatable bonds is 3. The Bertz CT molecular complexity index is 461. The second-order valence-electron chi connectivity index (χ2n) is 5.22. The third-order valence-electron chi connectivity index (χ3n) is 4.06. The summed E-state index contributed by atoms with van der Waals surface area (Å²) in [5, 5.41) is 3.62. The molecule has 1 saturated carbocycles. The number of halogens is 1. The Morgan fingerprint density at radius 1 is 1.39 bits per heavy atom. The van der Waals surface area contributed by atoms with Gasteiger partial charge in [-0.1, -0.05) is 26.1 Å². The van der Waals surface area contributed by atoms with E-state index >= 15 is 0 Å². The molecule has 3 N–H and O–H groups in total. The fraction of sp³-hybridized carbons (Fsp3) is 0.500. The van der Waals surface area contributed by atoms with E-state index in [-0.39, 0.29) is 0 Å². The molecule has 0 aromatic heterocycles. The molecule has 3 unspecified atom stereocenters. The Morgan fingerprint density at radius 3 is 2.61 bits per heavy atom. The van der Waals surface area contributed by atoms with Gasteiger partial charge in [0.2, 0.25) is 0 Å². The van der Waals surface area contributed by atoms with Gasteiger partial charge in [0.05, 0.1) is 0 Å². The van der Waals surface area contributed by atoms with Gasteiger partial charge in [-0.25, -0.2) is 0 Å². The van der Waals surface area contributed by atoms with Crippen LogP contribution < -0.4 is 11.1 Å². The summed E-state index contributed by atoms with van der Waals surface area (Å²) in [5.41, 5.74) is 7.65. The van der Waals surface area contributed by atoms with E-state index < -0.39 is 0 Å². The molecule has 1 fully saturated rings. The summed E-state index contributed by atoms with van der Waals surface area (Å²) in [6, 6.07) is 6.56. The normalized spacial score (nSPS) is 27.2. The van der Waals surface area contributed by atoms with E-state index in [1.165, 1.54) is 12.8 Å². The molecule has 1 aromatic rings. The van der Waals surface area contributed by atoms with Crippen molar-refractivity contribution in [1.29, 1.82) is 0 Å². The highest BCUT2D eigenvalue weighted by Gasteiger charge is 2.29. The third kappa shape index (κ3) is 2.86. The second kappa shape index (κ2) is 5.57. The fourth-order valence-corrected chi connectivity index (χ4v) is 3.17.